The Hall–Kier alpha value is -2.70. The Bertz CT molecular complexity index is 1530. The summed E-state index contributed by atoms with van der Waals surface area (Å²) in [5.74, 6) is 0. The molecule has 3 aromatic carbocycles. The summed E-state index contributed by atoms with van der Waals surface area (Å²) in [4.78, 5) is 0. The molecule has 0 atom stereocenters. The van der Waals surface area contributed by atoms with E-state index in [1.54, 1.807) is 0 Å². The Morgan fingerprint density at radius 1 is 0.273 bits per heavy atom. The molecule has 0 aliphatic rings. The largest absolute Gasteiger partial charge is 0.317 e. The van der Waals surface area contributed by atoms with E-state index >= 15 is 0 Å². The van der Waals surface area contributed by atoms with Crippen molar-refractivity contribution in [1.29, 1.82) is 0 Å². The van der Waals surface area contributed by atoms with Crippen molar-refractivity contribution in [1.82, 2.24) is 47.9 Å². The minimum absolute atomic E-state index is 0.848. The zero-order valence-corrected chi connectivity index (χ0v) is 42.8. The molecule has 0 saturated heterocycles. The van der Waals surface area contributed by atoms with Crippen LogP contribution in [0, 0.1) is 0 Å². The van der Waals surface area contributed by atoms with E-state index in [-0.39, 0.29) is 0 Å². The first kappa shape index (κ1) is 57.6. The van der Waals surface area contributed by atoms with Crippen LogP contribution in [0.2, 0.25) is 0 Å². The predicted octanol–water partition coefficient (Wildman–Crippen LogP) is 9.91. The third kappa shape index (κ3) is 29.9. The van der Waals surface area contributed by atoms with E-state index in [1.165, 1.54) is 135 Å². The van der Waals surface area contributed by atoms with Gasteiger partial charge >= 0.3 is 0 Å². The van der Waals surface area contributed by atoms with Crippen LogP contribution < -0.4 is 47.9 Å². The molecule has 9 nitrogen and oxygen atoms in total. The maximum absolute atomic E-state index is 3.81. The summed E-state index contributed by atoms with van der Waals surface area (Å²) in [7, 11) is 0. The summed E-state index contributed by atoms with van der Waals surface area (Å²) in [5.41, 5.74) is 9.20. The molecule has 66 heavy (non-hydrogen) atoms. The molecule has 0 aromatic heterocycles. The normalized spacial score (nSPS) is 11.6. The van der Waals surface area contributed by atoms with E-state index in [2.05, 4.69) is 135 Å². The summed E-state index contributed by atoms with van der Waals surface area (Å²) < 4.78 is 0. The van der Waals surface area contributed by atoms with Crippen LogP contribution in [0.5, 0.6) is 0 Å². The minimum Gasteiger partial charge on any atom is -0.317 e. The topological polar surface area (TPSA) is 108 Å². The highest BCUT2D eigenvalue weighted by Crippen LogP contribution is 2.30. The van der Waals surface area contributed by atoms with Crippen molar-refractivity contribution < 1.29 is 0 Å². The lowest BCUT2D eigenvalue weighted by atomic mass is 9.93. The predicted molar refractivity (Wildman–Crippen MR) is 290 cm³/mol. The number of benzene rings is 3. The van der Waals surface area contributed by atoms with Gasteiger partial charge in [-0.2, -0.15) is 0 Å². The number of nitrogens with one attached hydrogen (secondary N) is 9. The van der Waals surface area contributed by atoms with Crippen molar-refractivity contribution in [2.75, 3.05) is 98.2 Å². The molecular weight excluding hydrogens is 811 g/mol. The summed E-state index contributed by atoms with van der Waals surface area (Å²) in [5, 5.41) is 32.9. The van der Waals surface area contributed by atoms with Gasteiger partial charge < -0.3 is 47.9 Å². The lowest BCUT2D eigenvalue weighted by Gasteiger charge is -2.15. The Morgan fingerprint density at radius 3 is 1.02 bits per heavy atom. The maximum atomic E-state index is 3.81. The highest BCUT2D eigenvalue weighted by atomic mass is 14.9. The van der Waals surface area contributed by atoms with Crippen molar-refractivity contribution in [3.05, 3.63) is 83.4 Å². The molecule has 9 N–H and O–H groups in total. The second-order valence-electron chi connectivity index (χ2n) is 18.6. The van der Waals surface area contributed by atoms with Crippen molar-refractivity contribution in [3.63, 3.8) is 0 Å². The molecule has 0 aliphatic carbocycles. The van der Waals surface area contributed by atoms with Gasteiger partial charge in [0.05, 0.1) is 0 Å². The van der Waals surface area contributed by atoms with Crippen LogP contribution in [0.3, 0.4) is 0 Å². The zero-order chi connectivity index (χ0) is 46.6. The Kier molecular flexibility index (Phi) is 37.0. The first-order chi connectivity index (χ1) is 32.7. The highest BCUT2D eigenvalue weighted by molar-refractivity contribution is 5.74. The van der Waals surface area contributed by atoms with Crippen LogP contribution in [0.15, 0.2) is 66.7 Å². The number of hydrogen-bond acceptors (Lipinski definition) is 9. The molecule has 0 aliphatic heterocycles. The molecule has 374 valence electrons. The quantitative estimate of drug-likeness (QED) is 0.0256. The Morgan fingerprint density at radius 2 is 0.606 bits per heavy atom. The Labute approximate surface area is 406 Å². The van der Waals surface area contributed by atoms with Crippen LogP contribution in [0.4, 0.5) is 0 Å². The second-order valence-corrected chi connectivity index (χ2v) is 18.6. The third-order valence-corrected chi connectivity index (χ3v) is 12.4. The molecule has 0 heterocycles. The van der Waals surface area contributed by atoms with Crippen LogP contribution in [0.1, 0.15) is 153 Å². The van der Waals surface area contributed by atoms with Crippen LogP contribution in [-0.4, -0.2) is 98.2 Å². The number of unbranched alkanes of at least 4 members (excludes halogenated alkanes) is 9. The van der Waals surface area contributed by atoms with Crippen molar-refractivity contribution >= 4 is 0 Å². The van der Waals surface area contributed by atoms with Crippen molar-refractivity contribution in [2.24, 2.45) is 0 Å². The molecule has 0 spiro atoms. The second kappa shape index (κ2) is 42.4. The van der Waals surface area contributed by atoms with E-state index in [4.69, 9.17) is 0 Å². The van der Waals surface area contributed by atoms with Gasteiger partial charge in [0, 0.05) is 19.6 Å². The Balaban J connectivity index is 1.46. The molecule has 9 heteroatoms. The van der Waals surface area contributed by atoms with Gasteiger partial charge in [-0.15, -0.1) is 0 Å². The van der Waals surface area contributed by atoms with Crippen molar-refractivity contribution in [3.8, 4) is 22.3 Å². The lowest BCUT2D eigenvalue weighted by molar-refractivity contribution is 0.551. The fourth-order valence-electron chi connectivity index (χ4n) is 8.41. The van der Waals surface area contributed by atoms with Gasteiger partial charge in [0.25, 0.3) is 0 Å². The van der Waals surface area contributed by atoms with E-state index < -0.39 is 0 Å². The van der Waals surface area contributed by atoms with Crippen LogP contribution in [0.25, 0.3) is 22.3 Å². The molecule has 3 aromatic rings. The smallest absolute Gasteiger partial charge is 0.0211 e. The summed E-state index contributed by atoms with van der Waals surface area (Å²) >= 11 is 0. The fraction of sp³-hybridized carbons (Fsp3) is 0.684. The van der Waals surface area contributed by atoms with Gasteiger partial charge in [-0.1, -0.05) is 127 Å². The zero-order valence-electron chi connectivity index (χ0n) is 42.8. The number of rotatable bonds is 47. The van der Waals surface area contributed by atoms with Gasteiger partial charge in [0.15, 0.2) is 0 Å². The molecule has 0 saturated carbocycles. The summed E-state index contributed by atoms with van der Waals surface area (Å²) in [6.45, 7) is 25.7. The van der Waals surface area contributed by atoms with E-state index in [0.29, 0.717) is 0 Å². The summed E-state index contributed by atoms with van der Waals surface area (Å²) in [6.07, 6.45) is 22.9. The van der Waals surface area contributed by atoms with Crippen LogP contribution in [-0.2, 0) is 19.6 Å². The average molecular weight is 912 g/mol. The van der Waals surface area contributed by atoms with E-state index in [9.17, 15) is 0 Å². The first-order valence-electron chi connectivity index (χ1n) is 27.4. The standard InChI is InChI=1S/C57H101N9/c1-4-7-10-13-30-58-33-18-36-61-39-21-42-64-48-51-24-16-26-53(45-51)54-28-29-57(56(47-54)50-66-44-23-41-63-38-20-35-60-32-15-12-9-6-3)55-27-17-25-52(46-55)49-65-43-22-40-62-37-19-34-59-31-14-11-8-5-2/h16-17,24-29,45-47,58-66H,4-15,18-23,30-44,48-50H2,1-3H3. The van der Waals surface area contributed by atoms with Crippen LogP contribution >= 0.6 is 0 Å². The van der Waals surface area contributed by atoms with Crippen molar-refractivity contribution in [2.45, 2.75) is 156 Å². The summed E-state index contributed by atoms with van der Waals surface area (Å²) in [6, 6.07) is 25.4. The SMILES string of the molecule is CCCCCCNCCCNCCCNCc1cccc(-c2ccc(-c3cccc(CNCCCNCCCNCCCCCC)c3)c(CNCCCNCCCNCCCCCC)c2)c1. The molecule has 3 rings (SSSR count). The highest BCUT2D eigenvalue weighted by Gasteiger charge is 2.10. The first-order valence-corrected chi connectivity index (χ1v) is 27.4. The van der Waals surface area contributed by atoms with E-state index in [1.807, 2.05) is 0 Å². The van der Waals surface area contributed by atoms with Gasteiger partial charge in [0.1, 0.15) is 0 Å². The maximum Gasteiger partial charge on any atom is 0.0211 e. The molecule has 0 unspecified atom stereocenters. The third-order valence-electron chi connectivity index (χ3n) is 12.4. The van der Waals surface area contributed by atoms with Gasteiger partial charge in [0.2, 0.25) is 0 Å². The molecule has 0 fully saturated rings. The molecule has 0 bridgehead atoms. The van der Waals surface area contributed by atoms with Gasteiger partial charge in [-0.3, -0.25) is 0 Å². The molecular formula is C57H101N9. The molecule has 0 amide bonds. The lowest BCUT2D eigenvalue weighted by Crippen LogP contribution is -2.25. The van der Waals surface area contributed by atoms with Gasteiger partial charge in [-0.25, -0.2) is 0 Å². The molecule has 0 radical (unpaired) electrons. The van der Waals surface area contributed by atoms with Gasteiger partial charge in [-0.05, 0) is 213 Å². The number of hydrogen-bond donors (Lipinski definition) is 9. The minimum atomic E-state index is 0.848. The monoisotopic (exact) mass is 912 g/mol. The van der Waals surface area contributed by atoms with E-state index in [0.717, 1.165) is 137 Å². The fourth-order valence-corrected chi connectivity index (χ4v) is 8.41. The average Bonchev–Trinajstić information content (AvgIpc) is 3.34.